The number of carbonyl (C=O) groups excluding carboxylic acids is 1. The van der Waals surface area contributed by atoms with Crippen LogP contribution in [-0.2, 0) is 13.0 Å². The van der Waals surface area contributed by atoms with Gasteiger partial charge in [0.25, 0.3) is 11.5 Å². The van der Waals surface area contributed by atoms with Crippen molar-refractivity contribution in [2.75, 3.05) is 0 Å². The predicted molar refractivity (Wildman–Crippen MR) is 63.6 cm³/mol. The van der Waals surface area contributed by atoms with Crippen LogP contribution in [0, 0.1) is 0 Å². The summed E-state index contributed by atoms with van der Waals surface area (Å²) in [7, 11) is 0. The molecule has 1 amide bonds. The molecule has 2 heterocycles. The van der Waals surface area contributed by atoms with Crippen LogP contribution in [0.2, 0.25) is 0 Å². The van der Waals surface area contributed by atoms with Crippen LogP contribution < -0.4 is 16.8 Å². The number of hydrogen-bond acceptors (Lipinski definition) is 3. The van der Waals surface area contributed by atoms with Crippen molar-refractivity contribution in [1.82, 2.24) is 9.99 Å². The third kappa shape index (κ3) is 1.29. The summed E-state index contributed by atoms with van der Waals surface area (Å²) in [6.45, 7) is 0.625. The fourth-order valence-corrected chi connectivity index (χ4v) is 2.41. The number of nitrogens with zero attached hydrogens (tertiary/aromatic N) is 1. The molecule has 1 aliphatic rings. The Morgan fingerprint density at radius 3 is 3.00 bits per heavy atom. The van der Waals surface area contributed by atoms with Crippen molar-refractivity contribution in [1.29, 1.82) is 0 Å². The molecule has 0 saturated carbocycles. The third-order valence-corrected chi connectivity index (χ3v) is 3.18. The van der Waals surface area contributed by atoms with Crippen LogP contribution in [-0.4, -0.2) is 10.5 Å². The molecule has 17 heavy (non-hydrogen) atoms. The number of benzene rings is 1. The first-order valence-corrected chi connectivity index (χ1v) is 5.39. The summed E-state index contributed by atoms with van der Waals surface area (Å²) in [6.07, 6.45) is 0.834. The van der Waals surface area contributed by atoms with Crippen molar-refractivity contribution >= 4 is 16.8 Å². The first-order chi connectivity index (χ1) is 8.22. The van der Waals surface area contributed by atoms with Crippen LogP contribution in [0.3, 0.4) is 0 Å². The summed E-state index contributed by atoms with van der Waals surface area (Å²) in [5.74, 6) is 4.53. The van der Waals surface area contributed by atoms with E-state index >= 15 is 0 Å². The van der Waals surface area contributed by atoms with Gasteiger partial charge in [0.1, 0.15) is 5.56 Å². The maximum absolute atomic E-state index is 12.1. The monoisotopic (exact) mass is 229 g/mol. The molecule has 0 saturated heterocycles. The lowest BCUT2D eigenvalue weighted by molar-refractivity contribution is 0.0952. The number of rotatable bonds is 1. The number of aromatic nitrogens is 1. The van der Waals surface area contributed by atoms with Gasteiger partial charge in [-0.05, 0) is 23.4 Å². The largest absolute Gasteiger partial charge is 0.307 e. The number of carbonyl (C=O) groups is 1. The minimum atomic E-state index is -0.544. The lowest BCUT2D eigenvalue weighted by atomic mass is 10.1. The van der Waals surface area contributed by atoms with E-state index in [9.17, 15) is 9.59 Å². The van der Waals surface area contributed by atoms with Gasteiger partial charge >= 0.3 is 0 Å². The Labute approximate surface area is 96.8 Å². The van der Waals surface area contributed by atoms with E-state index in [2.05, 4.69) is 0 Å². The normalized spacial score (nSPS) is 13.0. The summed E-state index contributed by atoms with van der Waals surface area (Å²) in [6, 6.07) is 7.44. The smallest absolute Gasteiger partial charge is 0.270 e. The predicted octanol–water partition coefficient (Wildman–Crippen LogP) is 0.161. The highest BCUT2D eigenvalue weighted by Gasteiger charge is 2.20. The average Bonchev–Trinajstić information content (AvgIpc) is 2.78. The van der Waals surface area contributed by atoms with Crippen molar-refractivity contribution < 1.29 is 4.79 Å². The van der Waals surface area contributed by atoms with Gasteiger partial charge in [-0.1, -0.05) is 18.2 Å². The second-order valence-electron chi connectivity index (χ2n) is 4.09. The van der Waals surface area contributed by atoms with Gasteiger partial charge in [0.2, 0.25) is 0 Å². The standard InChI is InChI=1S/C12H11N3O2/c13-14-11(16)9-6-8-3-1-2-7-4-5-15(10(7)8)12(9)17/h1-3,6H,4-5,13H2,(H,14,16). The number of nitrogens with two attached hydrogens (primary N) is 1. The molecule has 3 N–H and O–H groups in total. The quantitative estimate of drug-likeness (QED) is 0.415. The summed E-state index contributed by atoms with van der Waals surface area (Å²) in [4.78, 5) is 23.6. The zero-order valence-electron chi connectivity index (χ0n) is 9.06. The van der Waals surface area contributed by atoms with E-state index in [0.717, 1.165) is 22.9 Å². The molecule has 0 atom stereocenters. The molecule has 86 valence electrons. The molecule has 0 aliphatic carbocycles. The molecule has 5 nitrogen and oxygen atoms in total. The lowest BCUT2D eigenvalue weighted by Crippen LogP contribution is -2.36. The molecule has 0 bridgehead atoms. The molecular weight excluding hydrogens is 218 g/mol. The molecule has 1 aromatic heterocycles. The van der Waals surface area contributed by atoms with Crippen molar-refractivity contribution in [2.45, 2.75) is 13.0 Å². The molecular formula is C12H11N3O2. The van der Waals surface area contributed by atoms with Crippen LogP contribution >= 0.6 is 0 Å². The van der Waals surface area contributed by atoms with Crippen LogP contribution in [0.1, 0.15) is 15.9 Å². The topological polar surface area (TPSA) is 77.1 Å². The van der Waals surface area contributed by atoms with Crippen molar-refractivity contribution in [3.05, 3.63) is 45.7 Å². The van der Waals surface area contributed by atoms with Crippen LogP contribution in [0.4, 0.5) is 0 Å². The van der Waals surface area contributed by atoms with Crippen LogP contribution in [0.25, 0.3) is 10.9 Å². The highest BCUT2D eigenvalue weighted by atomic mass is 16.2. The summed E-state index contributed by atoms with van der Waals surface area (Å²) in [5, 5.41) is 0.901. The van der Waals surface area contributed by atoms with Gasteiger partial charge in [0, 0.05) is 6.54 Å². The van der Waals surface area contributed by atoms with E-state index < -0.39 is 5.91 Å². The average molecular weight is 229 g/mol. The van der Waals surface area contributed by atoms with Gasteiger partial charge in [-0.2, -0.15) is 0 Å². The molecule has 0 spiro atoms. The highest BCUT2D eigenvalue weighted by Crippen LogP contribution is 2.24. The fraction of sp³-hybridized carbons (Fsp3) is 0.167. The molecule has 1 aliphatic heterocycles. The molecule has 0 fully saturated rings. The number of nitrogens with one attached hydrogen (secondary N) is 1. The van der Waals surface area contributed by atoms with Gasteiger partial charge in [0.05, 0.1) is 5.52 Å². The second-order valence-corrected chi connectivity index (χ2v) is 4.09. The van der Waals surface area contributed by atoms with Crippen molar-refractivity contribution in [3.63, 3.8) is 0 Å². The second kappa shape index (κ2) is 3.43. The Balaban J connectivity index is 2.42. The zero-order valence-corrected chi connectivity index (χ0v) is 9.06. The Morgan fingerprint density at radius 1 is 1.41 bits per heavy atom. The van der Waals surface area contributed by atoms with E-state index in [-0.39, 0.29) is 11.1 Å². The first-order valence-electron chi connectivity index (χ1n) is 5.39. The Morgan fingerprint density at radius 2 is 2.24 bits per heavy atom. The van der Waals surface area contributed by atoms with Gasteiger partial charge in [-0.15, -0.1) is 0 Å². The molecule has 5 heteroatoms. The Hall–Kier alpha value is -2.14. The van der Waals surface area contributed by atoms with E-state index in [0.29, 0.717) is 6.54 Å². The van der Waals surface area contributed by atoms with Gasteiger partial charge in [-0.3, -0.25) is 15.0 Å². The molecule has 3 rings (SSSR count). The maximum Gasteiger partial charge on any atom is 0.270 e. The number of nitrogen functional groups attached to an aromatic ring is 1. The SMILES string of the molecule is NNC(=O)c1cc2cccc3c2n(c1=O)CC3. The van der Waals surface area contributed by atoms with Gasteiger partial charge in [0.15, 0.2) is 0 Å². The summed E-state index contributed by atoms with van der Waals surface area (Å²) >= 11 is 0. The number of amides is 1. The van der Waals surface area contributed by atoms with E-state index in [1.807, 2.05) is 23.6 Å². The van der Waals surface area contributed by atoms with Gasteiger partial charge in [-0.25, -0.2) is 5.84 Å². The summed E-state index contributed by atoms with van der Waals surface area (Å²) < 4.78 is 1.65. The Kier molecular flexibility index (Phi) is 2.02. The Bertz CT molecular complexity index is 688. The fourth-order valence-electron chi connectivity index (χ4n) is 2.41. The van der Waals surface area contributed by atoms with E-state index in [1.54, 1.807) is 10.6 Å². The van der Waals surface area contributed by atoms with Gasteiger partial charge < -0.3 is 4.57 Å². The first kappa shape index (κ1) is 10.0. The van der Waals surface area contributed by atoms with Crippen molar-refractivity contribution in [2.24, 2.45) is 5.84 Å². The van der Waals surface area contributed by atoms with Crippen LogP contribution in [0.15, 0.2) is 29.1 Å². The minimum Gasteiger partial charge on any atom is -0.307 e. The number of pyridine rings is 1. The number of hydrogen-bond donors (Lipinski definition) is 2. The lowest BCUT2D eigenvalue weighted by Gasteiger charge is -2.06. The van der Waals surface area contributed by atoms with Crippen molar-refractivity contribution in [3.8, 4) is 0 Å². The number of para-hydroxylation sites is 1. The van der Waals surface area contributed by atoms with E-state index in [1.165, 1.54) is 0 Å². The molecule has 2 aromatic rings. The van der Waals surface area contributed by atoms with E-state index in [4.69, 9.17) is 5.84 Å². The summed E-state index contributed by atoms with van der Waals surface area (Å²) in [5.41, 5.74) is 3.91. The number of aryl methyl sites for hydroxylation is 2. The molecule has 0 radical (unpaired) electrons. The number of hydrazine groups is 1. The van der Waals surface area contributed by atoms with Crippen LogP contribution in [0.5, 0.6) is 0 Å². The minimum absolute atomic E-state index is 0.0963. The maximum atomic E-state index is 12.1. The third-order valence-electron chi connectivity index (χ3n) is 3.18. The molecule has 1 aromatic carbocycles. The highest BCUT2D eigenvalue weighted by molar-refractivity contribution is 5.97. The zero-order chi connectivity index (χ0) is 12.0. The molecule has 0 unspecified atom stereocenters.